The van der Waals surface area contributed by atoms with Crippen molar-refractivity contribution in [3.05, 3.63) is 30.1 Å². The van der Waals surface area contributed by atoms with Crippen molar-refractivity contribution in [1.29, 1.82) is 0 Å². The Labute approximate surface area is 111 Å². The second-order valence-corrected chi connectivity index (χ2v) is 6.76. The Morgan fingerprint density at radius 2 is 2.00 bits per heavy atom. The second-order valence-electron chi connectivity index (χ2n) is 4.49. The molecule has 1 aliphatic carbocycles. The molecule has 6 heteroatoms. The summed E-state index contributed by atoms with van der Waals surface area (Å²) in [5, 5.41) is -0.193. The molecule has 2 unspecified atom stereocenters. The summed E-state index contributed by atoms with van der Waals surface area (Å²) in [6.45, 7) is 0. The molecule has 1 fully saturated rings. The van der Waals surface area contributed by atoms with E-state index in [-0.39, 0.29) is 16.3 Å². The summed E-state index contributed by atoms with van der Waals surface area (Å²) in [6, 6.07) is 4.70. The Morgan fingerprint density at radius 3 is 2.67 bits per heavy atom. The second kappa shape index (κ2) is 5.55. The number of benzene rings is 1. The van der Waals surface area contributed by atoms with E-state index < -0.39 is 15.8 Å². The number of nitrogens with one attached hydrogen (secondary N) is 1. The fraction of sp³-hybridized carbons (Fsp3) is 0.500. The van der Waals surface area contributed by atoms with Gasteiger partial charge >= 0.3 is 0 Å². The molecule has 1 saturated carbocycles. The van der Waals surface area contributed by atoms with E-state index in [0.717, 1.165) is 31.7 Å². The van der Waals surface area contributed by atoms with Crippen molar-refractivity contribution >= 4 is 21.6 Å². The van der Waals surface area contributed by atoms with Crippen LogP contribution in [0.15, 0.2) is 29.2 Å². The zero-order valence-corrected chi connectivity index (χ0v) is 11.3. The van der Waals surface area contributed by atoms with Crippen LogP contribution >= 0.6 is 11.6 Å². The zero-order valence-electron chi connectivity index (χ0n) is 9.77. The van der Waals surface area contributed by atoms with Gasteiger partial charge in [-0.1, -0.05) is 18.9 Å². The van der Waals surface area contributed by atoms with Crippen LogP contribution in [0, 0.1) is 5.82 Å². The molecule has 0 aliphatic heterocycles. The third kappa shape index (κ3) is 3.22. The third-order valence-electron chi connectivity index (χ3n) is 3.09. The molecular formula is C12H15ClFNO2S. The summed E-state index contributed by atoms with van der Waals surface area (Å²) in [6.07, 6.45) is 3.51. The molecule has 1 aromatic carbocycles. The molecule has 1 N–H and O–H groups in total. The van der Waals surface area contributed by atoms with Crippen LogP contribution in [0.2, 0.25) is 0 Å². The van der Waals surface area contributed by atoms with E-state index in [1.54, 1.807) is 0 Å². The Kier molecular flexibility index (Phi) is 4.25. The number of alkyl halides is 1. The lowest BCUT2D eigenvalue weighted by atomic mass is 9.96. The molecular weight excluding hydrogens is 277 g/mol. The lowest BCUT2D eigenvalue weighted by Gasteiger charge is -2.27. The lowest BCUT2D eigenvalue weighted by molar-refractivity contribution is 0.418. The Hall–Kier alpha value is -0.650. The summed E-state index contributed by atoms with van der Waals surface area (Å²) in [4.78, 5) is -0.0584. The summed E-state index contributed by atoms with van der Waals surface area (Å²) >= 11 is 6.11. The maximum Gasteiger partial charge on any atom is 0.240 e. The smallest absolute Gasteiger partial charge is 0.207 e. The minimum Gasteiger partial charge on any atom is -0.207 e. The standard InChI is InChI=1S/C12H15ClFNO2S/c13-11-6-1-2-7-12(11)15-18(16,17)10-5-3-4-9(14)8-10/h3-5,8,11-12,15H,1-2,6-7H2. The Balaban J connectivity index is 2.16. The average molecular weight is 292 g/mol. The monoisotopic (exact) mass is 291 g/mol. The highest BCUT2D eigenvalue weighted by Crippen LogP contribution is 2.24. The molecule has 0 aromatic heterocycles. The molecule has 0 spiro atoms. The molecule has 0 radical (unpaired) electrons. The van der Waals surface area contributed by atoms with Gasteiger partial charge in [-0.15, -0.1) is 11.6 Å². The van der Waals surface area contributed by atoms with Crippen LogP contribution in [0.4, 0.5) is 4.39 Å². The fourth-order valence-electron chi connectivity index (χ4n) is 2.12. The highest BCUT2D eigenvalue weighted by Gasteiger charge is 2.28. The van der Waals surface area contributed by atoms with E-state index in [1.165, 1.54) is 18.2 Å². The molecule has 3 nitrogen and oxygen atoms in total. The third-order valence-corrected chi connectivity index (χ3v) is 5.10. The molecule has 100 valence electrons. The first-order valence-electron chi connectivity index (χ1n) is 5.91. The average Bonchev–Trinajstić information content (AvgIpc) is 2.32. The Bertz CT molecular complexity index is 521. The van der Waals surface area contributed by atoms with Crippen molar-refractivity contribution in [1.82, 2.24) is 4.72 Å². The molecule has 1 aromatic rings. The van der Waals surface area contributed by atoms with Gasteiger partial charge in [0, 0.05) is 11.4 Å². The SMILES string of the molecule is O=S(=O)(NC1CCCCC1Cl)c1cccc(F)c1. The molecule has 1 aliphatic rings. The van der Waals surface area contributed by atoms with Crippen LogP contribution in [-0.2, 0) is 10.0 Å². The van der Waals surface area contributed by atoms with Gasteiger partial charge in [0.2, 0.25) is 10.0 Å². The molecule has 2 atom stereocenters. The number of sulfonamides is 1. The predicted molar refractivity (Wildman–Crippen MR) is 68.6 cm³/mol. The number of hydrogen-bond acceptors (Lipinski definition) is 2. The van der Waals surface area contributed by atoms with Crippen molar-refractivity contribution in [3.63, 3.8) is 0 Å². The van der Waals surface area contributed by atoms with Gasteiger partial charge in [0.25, 0.3) is 0 Å². The van der Waals surface area contributed by atoms with Crippen LogP contribution in [0.5, 0.6) is 0 Å². The quantitative estimate of drug-likeness (QED) is 0.870. The van der Waals surface area contributed by atoms with Gasteiger partial charge in [0.05, 0.1) is 4.90 Å². The normalized spacial score (nSPS) is 25.0. The minimum absolute atomic E-state index is 0.0584. The molecule has 0 heterocycles. The zero-order chi connectivity index (χ0) is 13.2. The number of rotatable bonds is 3. The molecule has 0 amide bonds. The fourth-order valence-corrected chi connectivity index (χ4v) is 3.88. The van der Waals surface area contributed by atoms with E-state index in [4.69, 9.17) is 11.6 Å². The van der Waals surface area contributed by atoms with Gasteiger partial charge in [-0.25, -0.2) is 17.5 Å². The van der Waals surface area contributed by atoms with Crippen molar-refractivity contribution in [2.45, 2.75) is 42.0 Å². The van der Waals surface area contributed by atoms with E-state index in [9.17, 15) is 12.8 Å². The van der Waals surface area contributed by atoms with Gasteiger partial charge in [-0.3, -0.25) is 0 Å². The van der Waals surface area contributed by atoms with E-state index >= 15 is 0 Å². The highest BCUT2D eigenvalue weighted by molar-refractivity contribution is 7.89. The van der Waals surface area contributed by atoms with Crippen LogP contribution in [0.25, 0.3) is 0 Å². The maximum absolute atomic E-state index is 13.0. The first-order chi connectivity index (χ1) is 8.49. The maximum atomic E-state index is 13.0. The van der Waals surface area contributed by atoms with Gasteiger partial charge < -0.3 is 0 Å². The van der Waals surface area contributed by atoms with E-state index in [1.807, 2.05) is 0 Å². The first kappa shape index (κ1) is 13.8. The van der Waals surface area contributed by atoms with Crippen LogP contribution in [0.3, 0.4) is 0 Å². The molecule has 2 rings (SSSR count). The van der Waals surface area contributed by atoms with Gasteiger partial charge in [0.1, 0.15) is 5.82 Å². The predicted octanol–water partition coefficient (Wildman–Crippen LogP) is 2.65. The molecule has 0 bridgehead atoms. The van der Waals surface area contributed by atoms with Gasteiger partial charge in [-0.05, 0) is 31.0 Å². The largest absolute Gasteiger partial charge is 0.240 e. The van der Waals surface area contributed by atoms with E-state index in [2.05, 4.69) is 4.72 Å². The first-order valence-corrected chi connectivity index (χ1v) is 7.83. The summed E-state index contributed by atoms with van der Waals surface area (Å²) in [5.74, 6) is -0.566. The number of halogens is 2. The van der Waals surface area contributed by atoms with Crippen molar-refractivity contribution in [3.8, 4) is 0 Å². The Morgan fingerprint density at radius 1 is 1.28 bits per heavy atom. The van der Waals surface area contributed by atoms with Crippen molar-refractivity contribution in [2.75, 3.05) is 0 Å². The minimum atomic E-state index is -3.69. The van der Waals surface area contributed by atoms with Crippen molar-refractivity contribution in [2.24, 2.45) is 0 Å². The topological polar surface area (TPSA) is 46.2 Å². The van der Waals surface area contributed by atoms with Crippen LogP contribution < -0.4 is 4.72 Å². The highest BCUT2D eigenvalue weighted by atomic mass is 35.5. The van der Waals surface area contributed by atoms with Crippen molar-refractivity contribution < 1.29 is 12.8 Å². The lowest BCUT2D eigenvalue weighted by Crippen LogP contribution is -2.42. The van der Waals surface area contributed by atoms with E-state index in [0.29, 0.717) is 0 Å². The summed E-state index contributed by atoms with van der Waals surface area (Å²) in [5.41, 5.74) is 0. The molecule has 18 heavy (non-hydrogen) atoms. The van der Waals surface area contributed by atoms with Gasteiger partial charge in [0.15, 0.2) is 0 Å². The van der Waals surface area contributed by atoms with Crippen LogP contribution in [-0.4, -0.2) is 19.8 Å². The molecule has 0 saturated heterocycles. The number of hydrogen-bond donors (Lipinski definition) is 1. The van der Waals surface area contributed by atoms with Gasteiger partial charge in [-0.2, -0.15) is 0 Å². The summed E-state index contributed by atoms with van der Waals surface area (Å²) < 4.78 is 39.7. The van der Waals surface area contributed by atoms with Crippen LogP contribution in [0.1, 0.15) is 25.7 Å². The summed E-state index contributed by atoms with van der Waals surface area (Å²) in [7, 11) is -3.69.